The zero-order valence-electron chi connectivity index (χ0n) is 5.76. The van der Waals surface area contributed by atoms with Gasteiger partial charge in [0.2, 0.25) is 0 Å². The van der Waals surface area contributed by atoms with Gasteiger partial charge in [-0.2, -0.15) is 0 Å². The minimum Gasteiger partial charge on any atom is -0.498 e. The number of ether oxygens (including phenoxy) is 1. The summed E-state index contributed by atoms with van der Waals surface area (Å²) in [5.74, 6) is 1.64. The first-order chi connectivity index (χ1) is 4.33. The molecule has 0 radical (unpaired) electrons. The molecule has 9 heavy (non-hydrogen) atoms. The van der Waals surface area contributed by atoms with Crippen molar-refractivity contribution in [2.75, 3.05) is 6.61 Å². The fourth-order valence-corrected chi connectivity index (χ4v) is 1.02. The Balaban J connectivity index is 2.37. The van der Waals surface area contributed by atoms with Gasteiger partial charge >= 0.3 is 0 Å². The van der Waals surface area contributed by atoms with E-state index in [1.54, 1.807) is 0 Å². The van der Waals surface area contributed by atoms with Crippen molar-refractivity contribution in [3.63, 3.8) is 0 Å². The number of hydrogen-bond donors (Lipinski definition) is 0. The summed E-state index contributed by atoms with van der Waals surface area (Å²) in [6.07, 6.45) is 5.13. The third-order valence-corrected chi connectivity index (χ3v) is 1.46. The summed E-state index contributed by atoms with van der Waals surface area (Å²) < 4.78 is 5.23. The standard InChI is InChI=1S/C8H12O/c1-3-4-8-5-7(2)9-6-8/h3,5,8H,1,4,6H2,2H3. The monoisotopic (exact) mass is 124 g/mol. The fourth-order valence-electron chi connectivity index (χ4n) is 1.02. The lowest BCUT2D eigenvalue weighted by Gasteiger charge is -1.99. The SMILES string of the molecule is C=CCC1C=C(C)OC1. The van der Waals surface area contributed by atoms with E-state index < -0.39 is 0 Å². The summed E-state index contributed by atoms with van der Waals surface area (Å²) in [6.45, 7) is 6.50. The Morgan fingerprint density at radius 3 is 3.22 bits per heavy atom. The van der Waals surface area contributed by atoms with Gasteiger partial charge in [-0.15, -0.1) is 6.58 Å². The van der Waals surface area contributed by atoms with Crippen LogP contribution < -0.4 is 0 Å². The van der Waals surface area contributed by atoms with Gasteiger partial charge in [0.25, 0.3) is 0 Å². The zero-order chi connectivity index (χ0) is 6.69. The topological polar surface area (TPSA) is 9.23 Å². The predicted octanol–water partition coefficient (Wildman–Crippen LogP) is 2.11. The van der Waals surface area contributed by atoms with Crippen LogP contribution in [0.4, 0.5) is 0 Å². The largest absolute Gasteiger partial charge is 0.498 e. The lowest BCUT2D eigenvalue weighted by atomic mass is 10.1. The van der Waals surface area contributed by atoms with Crippen molar-refractivity contribution in [1.29, 1.82) is 0 Å². The molecule has 0 aliphatic carbocycles. The van der Waals surface area contributed by atoms with Crippen LogP contribution in [0.25, 0.3) is 0 Å². The molecule has 1 heterocycles. The van der Waals surface area contributed by atoms with E-state index in [9.17, 15) is 0 Å². The Hall–Kier alpha value is -0.720. The first-order valence-corrected chi connectivity index (χ1v) is 3.25. The van der Waals surface area contributed by atoms with E-state index in [1.807, 2.05) is 13.0 Å². The molecule has 0 saturated carbocycles. The highest BCUT2D eigenvalue weighted by molar-refractivity contribution is 5.01. The van der Waals surface area contributed by atoms with E-state index in [2.05, 4.69) is 12.7 Å². The minimum absolute atomic E-state index is 0.586. The van der Waals surface area contributed by atoms with Crippen molar-refractivity contribution >= 4 is 0 Å². The van der Waals surface area contributed by atoms with E-state index in [1.165, 1.54) is 0 Å². The van der Waals surface area contributed by atoms with Gasteiger partial charge in [-0.1, -0.05) is 6.08 Å². The Morgan fingerprint density at radius 1 is 2.00 bits per heavy atom. The molecule has 0 amide bonds. The average Bonchev–Trinajstić information content (AvgIpc) is 2.17. The normalized spacial score (nSPS) is 25.0. The van der Waals surface area contributed by atoms with Gasteiger partial charge in [0.15, 0.2) is 0 Å². The van der Waals surface area contributed by atoms with E-state index in [0.29, 0.717) is 5.92 Å². The van der Waals surface area contributed by atoms with Crippen LogP contribution in [0.5, 0.6) is 0 Å². The highest BCUT2D eigenvalue weighted by Crippen LogP contribution is 2.17. The Bertz CT molecular complexity index is 136. The molecule has 1 heteroatoms. The number of allylic oxidation sites excluding steroid dienone is 2. The summed E-state index contributed by atoms with van der Waals surface area (Å²) >= 11 is 0. The predicted molar refractivity (Wildman–Crippen MR) is 38.0 cm³/mol. The summed E-state index contributed by atoms with van der Waals surface area (Å²) in [4.78, 5) is 0. The van der Waals surface area contributed by atoms with Crippen molar-refractivity contribution in [3.05, 3.63) is 24.5 Å². The zero-order valence-corrected chi connectivity index (χ0v) is 5.76. The van der Waals surface area contributed by atoms with Gasteiger partial charge in [-0.25, -0.2) is 0 Å². The summed E-state index contributed by atoms with van der Waals surface area (Å²) in [6, 6.07) is 0. The molecule has 50 valence electrons. The van der Waals surface area contributed by atoms with E-state index >= 15 is 0 Å². The second-order valence-corrected chi connectivity index (χ2v) is 2.37. The van der Waals surface area contributed by atoms with Gasteiger partial charge in [-0.05, 0) is 19.4 Å². The maximum atomic E-state index is 5.23. The lowest BCUT2D eigenvalue weighted by Crippen LogP contribution is -1.95. The first-order valence-electron chi connectivity index (χ1n) is 3.25. The quantitative estimate of drug-likeness (QED) is 0.512. The number of hydrogen-bond acceptors (Lipinski definition) is 1. The Morgan fingerprint density at radius 2 is 2.78 bits per heavy atom. The van der Waals surface area contributed by atoms with E-state index in [4.69, 9.17) is 4.74 Å². The van der Waals surface area contributed by atoms with Gasteiger partial charge in [0.1, 0.15) is 0 Å². The molecular formula is C8H12O. The van der Waals surface area contributed by atoms with Crippen LogP contribution in [0.3, 0.4) is 0 Å². The average molecular weight is 124 g/mol. The van der Waals surface area contributed by atoms with E-state index in [0.717, 1.165) is 18.8 Å². The molecule has 1 aliphatic rings. The second-order valence-electron chi connectivity index (χ2n) is 2.37. The van der Waals surface area contributed by atoms with Crippen LogP contribution in [-0.4, -0.2) is 6.61 Å². The molecule has 0 spiro atoms. The van der Waals surface area contributed by atoms with Crippen LogP contribution in [0.15, 0.2) is 24.5 Å². The van der Waals surface area contributed by atoms with Gasteiger partial charge in [-0.3, -0.25) is 0 Å². The molecule has 1 unspecified atom stereocenters. The van der Waals surface area contributed by atoms with Gasteiger partial charge in [0, 0.05) is 5.92 Å². The third-order valence-electron chi connectivity index (χ3n) is 1.46. The van der Waals surface area contributed by atoms with Crippen molar-refractivity contribution in [1.82, 2.24) is 0 Å². The maximum Gasteiger partial charge on any atom is 0.0943 e. The fraction of sp³-hybridized carbons (Fsp3) is 0.500. The highest BCUT2D eigenvalue weighted by Gasteiger charge is 2.11. The maximum absolute atomic E-state index is 5.23. The van der Waals surface area contributed by atoms with Crippen molar-refractivity contribution in [3.8, 4) is 0 Å². The molecule has 0 aromatic heterocycles. The van der Waals surface area contributed by atoms with Gasteiger partial charge in [0.05, 0.1) is 12.4 Å². The minimum atomic E-state index is 0.586. The molecule has 1 atom stereocenters. The summed E-state index contributed by atoms with van der Waals surface area (Å²) in [5.41, 5.74) is 0. The van der Waals surface area contributed by atoms with Crippen molar-refractivity contribution in [2.45, 2.75) is 13.3 Å². The molecule has 0 aromatic carbocycles. The highest BCUT2D eigenvalue weighted by atomic mass is 16.5. The Kier molecular flexibility index (Phi) is 1.93. The van der Waals surface area contributed by atoms with Crippen LogP contribution >= 0.6 is 0 Å². The van der Waals surface area contributed by atoms with Crippen LogP contribution in [-0.2, 0) is 4.74 Å². The van der Waals surface area contributed by atoms with Crippen LogP contribution in [0.2, 0.25) is 0 Å². The van der Waals surface area contributed by atoms with Crippen molar-refractivity contribution < 1.29 is 4.74 Å². The smallest absolute Gasteiger partial charge is 0.0943 e. The van der Waals surface area contributed by atoms with Crippen LogP contribution in [0.1, 0.15) is 13.3 Å². The van der Waals surface area contributed by atoms with Crippen LogP contribution in [0, 0.1) is 5.92 Å². The molecule has 0 fully saturated rings. The van der Waals surface area contributed by atoms with Crippen molar-refractivity contribution in [2.24, 2.45) is 5.92 Å². The van der Waals surface area contributed by atoms with Gasteiger partial charge < -0.3 is 4.74 Å². The molecule has 0 aromatic rings. The molecule has 1 rings (SSSR count). The van der Waals surface area contributed by atoms with E-state index in [-0.39, 0.29) is 0 Å². The molecule has 0 N–H and O–H groups in total. The third kappa shape index (κ3) is 1.60. The molecule has 1 aliphatic heterocycles. The second kappa shape index (κ2) is 2.72. The molecular weight excluding hydrogens is 112 g/mol. The lowest BCUT2D eigenvalue weighted by molar-refractivity contribution is 0.220. The summed E-state index contributed by atoms with van der Waals surface area (Å²) in [7, 11) is 0. The first kappa shape index (κ1) is 6.40. The number of rotatable bonds is 2. The Labute approximate surface area is 56.0 Å². The summed E-state index contributed by atoms with van der Waals surface area (Å²) in [5, 5.41) is 0. The molecule has 1 nitrogen and oxygen atoms in total. The molecule has 0 saturated heterocycles. The molecule has 0 bridgehead atoms.